The van der Waals surface area contributed by atoms with Crippen molar-refractivity contribution < 1.29 is 9.90 Å². The van der Waals surface area contributed by atoms with E-state index in [0.29, 0.717) is 6.42 Å². The van der Waals surface area contributed by atoms with Crippen LogP contribution in [0.25, 0.3) is 0 Å². The molecule has 0 saturated carbocycles. The molecule has 2 nitrogen and oxygen atoms in total. The molecule has 0 amide bonds. The van der Waals surface area contributed by atoms with Crippen LogP contribution in [0.1, 0.15) is 19.8 Å². The summed E-state index contributed by atoms with van der Waals surface area (Å²) in [5.74, 6) is 0. The Morgan fingerprint density at radius 2 is 2.33 bits per heavy atom. The van der Waals surface area contributed by atoms with E-state index in [9.17, 15) is 4.79 Å². The standard InChI is InChI=1S/C7H12O2/c1-7(4-6-9)3-2-5-8/h4-5,9H,2-3,6H2,1H3/b7-4+. The highest BCUT2D eigenvalue weighted by Crippen LogP contribution is 2.00. The van der Waals surface area contributed by atoms with Crippen molar-refractivity contribution in [2.45, 2.75) is 19.8 Å². The third-order valence-electron chi connectivity index (χ3n) is 1.10. The molecule has 0 rings (SSSR count). The van der Waals surface area contributed by atoms with Gasteiger partial charge in [-0.1, -0.05) is 11.6 Å². The maximum atomic E-state index is 9.82. The van der Waals surface area contributed by atoms with E-state index in [0.717, 1.165) is 18.3 Å². The van der Waals surface area contributed by atoms with Crippen molar-refractivity contribution in [1.82, 2.24) is 0 Å². The minimum atomic E-state index is 0.0741. The van der Waals surface area contributed by atoms with Crippen molar-refractivity contribution in [3.05, 3.63) is 11.6 Å². The molecule has 0 spiro atoms. The van der Waals surface area contributed by atoms with Gasteiger partial charge in [0, 0.05) is 6.42 Å². The van der Waals surface area contributed by atoms with Gasteiger partial charge in [-0.25, -0.2) is 0 Å². The Morgan fingerprint density at radius 1 is 1.67 bits per heavy atom. The zero-order chi connectivity index (χ0) is 7.11. The van der Waals surface area contributed by atoms with Crippen LogP contribution in [-0.4, -0.2) is 18.0 Å². The average Bonchev–Trinajstić information content (AvgIpc) is 1.85. The molecule has 9 heavy (non-hydrogen) atoms. The number of aldehydes is 1. The topological polar surface area (TPSA) is 37.3 Å². The largest absolute Gasteiger partial charge is 0.392 e. The second-order valence-corrected chi connectivity index (χ2v) is 1.94. The molecule has 0 radical (unpaired) electrons. The predicted molar refractivity (Wildman–Crippen MR) is 36.1 cm³/mol. The number of carbonyl (C=O) groups excluding carboxylic acids is 1. The summed E-state index contributed by atoms with van der Waals surface area (Å²) >= 11 is 0. The fourth-order valence-electron chi connectivity index (χ4n) is 0.544. The molecule has 0 fully saturated rings. The first-order valence-electron chi connectivity index (χ1n) is 3.01. The lowest BCUT2D eigenvalue weighted by atomic mass is 10.2. The minimum absolute atomic E-state index is 0.0741. The van der Waals surface area contributed by atoms with Crippen LogP contribution in [-0.2, 0) is 4.79 Å². The van der Waals surface area contributed by atoms with Crippen molar-refractivity contribution in [3.8, 4) is 0 Å². The summed E-state index contributed by atoms with van der Waals surface area (Å²) in [6.45, 7) is 1.98. The molecule has 0 aromatic heterocycles. The smallest absolute Gasteiger partial charge is 0.120 e. The van der Waals surface area contributed by atoms with Crippen molar-refractivity contribution in [3.63, 3.8) is 0 Å². The lowest BCUT2D eigenvalue weighted by Gasteiger charge is -1.92. The van der Waals surface area contributed by atoms with Crippen molar-refractivity contribution in [1.29, 1.82) is 0 Å². The molecule has 52 valence electrons. The van der Waals surface area contributed by atoms with E-state index < -0.39 is 0 Å². The zero-order valence-electron chi connectivity index (χ0n) is 5.63. The Hall–Kier alpha value is -0.630. The number of rotatable bonds is 4. The summed E-state index contributed by atoms with van der Waals surface area (Å²) in [4.78, 5) is 9.82. The highest BCUT2D eigenvalue weighted by atomic mass is 16.2. The zero-order valence-corrected chi connectivity index (χ0v) is 5.63. The van der Waals surface area contributed by atoms with Gasteiger partial charge in [0.05, 0.1) is 6.61 Å². The van der Waals surface area contributed by atoms with Crippen LogP contribution in [0.5, 0.6) is 0 Å². The molecule has 0 aliphatic heterocycles. The number of carbonyl (C=O) groups is 1. The average molecular weight is 128 g/mol. The SMILES string of the molecule is C/C(=C\CO)CCC=O. The summed E-state index contributed by atoms with van der Waals surface area (Å²) in [6, 6.07) is 0. The molecule has 0 bridgehead atoms. The van der Waals surface area contributed by atoms with Crippen molar-refractivity contribution in [2.24, 2.45) is 0 Å². The van der Waals surface area contributed by atoms with Crippen LogP contribution >= 0.6 is 0 Å². The van der Waals surface area contributed by atoms with E-state index in [2.05, 4.69) is 0 Å². The molecule has 0 heterocycles. The van der Waals surface area contributed by atoms with E-state index in [1.807, 2.05) is 6.92 Å². The van der Waals surface area contributed by atoms with Gasteiger partial charge in [0.25, 0.3) is 0 Å². The number of aliphatic hydroxyl groups is 1. The molecular formula is C7H12O2. The van der Waals surface area contributed by atoms with Crippen LogP contribution < -0.4 is 0 Å². The van der Waals surface area contributed by atoms with E-state index in [1.165, 1.54) is 0 Å². The Kier molecular flexibility index (Phi) is 5.12. The number of hydrogen-bond acceptors (Lipinski definition) is 2. The first kappa shape index (κ1) is 8.37. The molecule has 0 aromatic rings. The minimum Gasteiger partial charge on any atom is -0.392 e. The molecule has 0 aliphatic rings. The summed E-state index contributed by atoms with van der Waals surface area (Å²) in [7, 11) is 0. The van der Waals surface area contributed by atoms with Gasteiger partial charge < -0.3 is 9.90 Å². The fraction of sp³-hybridized carbons (Fsp3) is 0.571. The first-order chi connectivity index (χ1) is 4.31. The van der Waals surface area contributed by atoms with Crippen LogP contribution in [0.3, 0.4) is 0 Å². The van der Waals surface area contributed by atoms with Crippen LogP contribution in [0, 0.1) is 0 Å². The number of allylic oxidation sites excluding steroid dienone is 1. The highest BCUT2D eigenvalue weighted by molar-refractivity contribution is 5.49. The lowest BCUT2D eigenvalue weighted by molar-refractivity contribution is -0.107. The Morgan fingerprint density at radius 3 is 2.78 bits per heavy atom. The third kappa shape index (κ3) is 5.24. The van der Waals surface area contributed by atoms with E-state index in [4.69, 9.17) is 5.11 Å². The molecule has 1 N–H and O–H groups in total. The van der Waals surface area contributed by atoms with Gasteiger partial charge in [-0.3, -0.25) is 0 Å². The Labute approximate surface area is 55.2 Å². The maximum absolute atomic E-state index is 9.82. The molecule has 0 aliphatic carbocycles. The van der Waals surface area contributed by atoms with Gasteiger partial charge in [0.15, 0.2) is 0 Å². The molecule has 2 heteroatoms. The quantitative estimate of drug-likeness (QED) is 0.451. The van der Waals surface area contributed by atoms with Crippen molar-refractivity contribution in [2.75, 3.05) is 6.61 Å². The summed E-state index contributed by atoms with van der Waals surface area (Å²) in [5, 5.41) is 8.37. The molecular weight excluding hydrogens is 116 g/mol. The van der Waals surface area contributed by atoms with Crippen molar-refractivity contribution >= 4 is 6.29 Å². The van der Waals surface area contributed by atoms with Gasteiger partial charge >= 0.3 is 0 Å². The van der Waals surface area contributed by atoms with Gasteiger partial charge in [-0.15, -0.1) is 0 Å². The molecule has 0 saturated heterocycles. The fourth-order valence-corrected chi connectivity index (χ4v) is 0.544. The third-order valence-corrected chi connectivity index (χ3v) is 1.10. The number of aliphatic hydroxyl groups excluding tert-OH is 1. The summed E-state index contributed by atoms with van der Waals surface area (Å²) in [5.41, 5.74) is 1.07. The summed E-state index contributed by atoms with van der Waals surface area (Å²) in [6.07, 6.45) is 3.92. The summed E-state index contributed by atoms with van der Waals surface area (Å²) < 4.78 is 0. The molecule has 0 unspecified atom stereocenters. The monoisotopic (exact) mass is 128 g/mol. The molecule has 0 aromatic carbocycles. The normalized spacial score (nSPS) is 11.6. The van der Waals surface area contributed by atoms with Gasteiger partial charge in [-0.05, 0) is 13.3 Å². The van der Waals surface area contributed by atoms with Gasteiger partial charge in [0.2, 0.25) is 0 Å². The Bertz CT molecular complexity index is 105. The van der Waals surface area contributed by atoms with E-state index in [1.54, 1.807) is 6.08 Å². The number of hydrogen-bond donors (Lipinski definition) is 1. The Balaban J connectivity index is 3.36. The van der Waals surface area contributed by atoms with Crippen LogP contribution in [0.4, 0.5) is 0 Å². The second kappa shape index (κ2) is 5.51. The second-order valence-electron chi connectivity index (χ2n) is 1.94. The van der Waals surface area contributed by atoms with Crippen LogP contribution in [0.15, 0.2) is 11.6 Å². The predicted octanol–water partition coefficient (Wildman–Crippen LogP) is 0.904. The van der Waals surface area contributed by atoms with Gasteiger partial charge in [-0.2, -0.15) is 0 Å². The van der Waals surface area contributed by atoms with Crippen LogP contribution in [0.2, 0.25) is 0 Å². The lowest BCUT2D eigenvalue weighted by Crippen LogP contribution is -1.81. The molecule has 0 atom stereocenters. The van der Waals surface area contributed by atoms with Gasteiger partial charge in [0.1, 0.15) is 6.29 Å². The maximum Gasteiger partial charge on any atom is 0.120 e. The highest BCUT2D eigenvalue weighted by Gasteiger charge is 1.86. The first-order valence-corrected chi connectivity index (χ1v) is 3.01. The van der Waals surface area contributed by atoms with E-state index in [-0.39, 0.29) is 6.61 Å². The van der Waals surface area contributed by atoms with E-state index >= 15 is 0 Å².